The lowest BCUT2D eigenvalue weighted by atomic mass is 10.3. The van der Waals surface area contributed by atoms with Crippen LogP contribution in [0.3, 0.4) is 0 Å². The lowest BCUT2D eigenvalue weighted by Crippen LogP contribution is -2.18. The largest absolute Gasteiger partial charge is 0.573 e. The Bertz CT molecular complexity index is 447. The zero-order valence-corrected chi connectivity index (χ0v) is 8.74. The van der Waals surface area contributed by atoms with Gasteiger partial charge in [-0.1, -0.05) is 0 Å². The second-order valence-corrected chi connectivity index (χ2v) is 2.90. The highest BCUT2D eigenvalue weighted by molar-refractivity contribution is 5.47. The first-order valence-corrected chi connectivity index (χ1v) is 4.20. The van der Waals surface area contributed by atoms with Crippen molar-refractivity contribution in [2.75, 3.05) is 7.11 Å². The fourth-order valence-electron chi connectivity index (χ4n) is 1.09. The maximum absolute atomic E-state index is 12.0. The van der Waals surface area contributed by atoms with Gasteiger partial charge in [-0.15, -0.1) is 13.2 Å². The van der Waals surface area contributed by atoms with E-state index in [0.29, 0.717) is 0 Å². The molecule has 9 heteroatoms. The quantitative estimate of drug-likeness (QED) is 0.609. The van der Waals surface area contributed by atoms with Crippen molar-refractivity contribution < 1.29 is 27.6 Å². The Balaban J connectivity index is 3.29. The van der Waals surface area contributed by atoms with Crippen LogP contribution in [-0.4, -0.2) is 23.4 Å². The molecule has 0 bridgehead atoms. The molecule has 0 unspecified atom stereocenters. The number of nitro groups is 1. The normalized spacial score (nSPS) is 11.1. The van der Waals surface area contributed by atoms with E-state index in [1.165, 1.54) is 14.0 Å². The summed E-state index contributed by atoms with van der Waals surface area (Å²) in [5.41, 5.74) is 0.0914. The van der Waals surface area contributed by atoms with Crippen molar-refractivity contribution >= 4 is 5.82 Å². The van der Waals surface area contributed by atoms with Crippen molar-refractivity contribution in [1.29, 1.82) is 0 Å². The third-order valence-corrected chi connectivity index (χ3v) is 1.73. The van der Waals surface area contributed by atoms with Gasteiger partial charge in [-0.2, -0.15) is 0 Å². The van der Waals surface area contributed by atoms with Crippen LogP contribution in [0, 0.1) is 17.0 Å². The average Bonchev–Trinajstić information content (AvgIpc) is 2.17. The van der Waals surface area contributed by atoms with Crippen LogP contribution in [0.5, 0.6) is 11.5 Å². The molecule has 1 heterocycles. The summed E-state index contributed by atoms with van der Waals surface area (Å²) in [7, 11) is 1.20. The van der Waals surface area contributed by atoms with E-state index in [0.717, 1.165) is 6.07 Å². The molecule has 6 nitrogen and oxygen atoms in total. The summed E-state index contributed by atoms with van der Waals surface area (Å²) in [5, 5.41) is 10.5. The summed E-state index contributed by atoms with van der Waals surface area (Å²) in [4.78, 5) is 12.8. The zero-order valence-electron chi connectivity index (χ0n) is 8.74. The molecule has 1 aromatic heterocycles. The minimum Gasteiger partial charge on any atom is -0.492 e. The van der Waals surface area contributed by atoms with Gasteiger partial charge in [0.05, 0.1) is 7.11 Å². The molecule has 0 saturated carbocycles. The second-order valence-electron chi connectivity index (χ2n) is 2.90. The van der Waals surface area contributed by atoms with Gasteiger partial charge in [-0.25, -0.2) is 0 Å². The Hall–Kier alpha value is -2.06. The fourth-order valence-corrected chi connectivity index (χ4v) is 1.09. The SMILES string of the molecule is COc1cc(OC(F)(F)F)c([N+](=O)[O-])nc1C. The van der Waals surface area contributed by atoms with Gasteiger partial charge in [-0.3, -0.25) is 0 Å². The maximum Gasteiger partial charge on any atom is 0.573 e. The predicted octanol–water partition coefficient (Wildman–Crippen LogP) is 2.21. The molecule has 0 radical (unpaired) electrons. The summed E-state index contributed by atoms with van der Waals surface area (Å²) in [6.07, 6.45) is -5.04. The van der Waals surface area contributed by atoms with Crippen LogP contribution >= 0.6 is 0 Å². The summed E-state index contributed by atoms with van der Waals surface area (Å²) in [6, 6.07) is 0.772. The molecule has 1 aromatic rings. The summed E-state index contributed by atoms with van der Waals surface area (Å²) in [6.45, 7) is 1.36. The maximum atomic E-state index is 12.0. The van der Waals surface area contributed by atoms with Gasteiger partial charge in [0.25, 0.3) is 0 Å². The van der Waals surface area contributed by atoms with Crippen LogP contribution in [0.2, 0.25) is 0 Å². The number of aromatic nitrogens is 1. The minimum atomic E-state index is -5.04. The molecule has 94 valence electrons. The minimum absolute atomic E-state index is 0.0325. The van der Waals surface area contributed by atoms with Gasteiger partial charge in [0, 0.05) is 13.0 Å². The molecule has 0 aliphatic heterocycles. The van der Waals surface area contributed by atoms with Crippen LogP contribution in [0.4, 0.5) is 19.0 Å². The highest BCUT2D eigenvalue weighted by Gasteiger charge is 2.36. The molecule has 0 spiro atoms. The van der Waals surface area contributed by atoms with Crippen molar-refractivity contribution in [1.82, 2.24) is 4.98 Å². The van der Waals surface area contributed by atoms with E-state index in [-0.39, 0.29) is 11.4 Å². The van der Waals surface area contributed by atoms with Gasteiger partial charge in [0.1, 0.15) is 0 Å². The number of nitrogens with zero attached hydrogens (tertiary/aromatic N) is 2. The summed E-state index contributed by atoms with van der Waals surface area (Å²) >= 11 is 0. The first kappa shape index (κ1) is 13.0. The highest BCUT2D eigenvalue weighted by atomic mass is 19.4. The number of alkyl halides is 3. The number of aryl methyl sites for hydroxylation is 1. The fraction of sp³-hybridized carbons (Fsp3) is 0.375. The van der Waals surface area contributed by atoms with Gasteiger partial charge in [0.15, 0.2) is 11.4 Å². The lowest BCUT2D eigenvalue weighted by Gasteiger charge is -2.10. The van der Waals surface area contributed by atoms with Crippen molar-refractivity contribution in [3.05, 3.63) is 21.9 Å². The molecular formula is C8H7F3N2O4. The number of rotatable bonds is 3. The molecule has 0 saturated heterocycles. The van der Waals surface area contributed by atoms with Gasteiger partial charge < -0.3 is 19.6 Å². The Morgan fingerprint density at radius 3 is 2.41 bits per heavy atom. The number of methoxy groups -OCH3 is 1. The average molecular weight is 252 g/mol. The molecular weight excluding hydrogens is 245 g/mol. The Morgan fingerprint density at radius 2 is 2.00 bits per heavy atom. The molecule has 0 aromatic carbocycles. The van der Waals surface area contributed by atoms with Crippen LogP contribution in [0.15, 0.2) is 6.07 Å². The third kappa shape index (κ3) is 3.20. The van der Waals surface area contributed by atoms with Gasteiger partial charge in [0.2, 0.25) is 5.75 Å². The van der Waals surface area contributed by atoms with E-state index in [9.17, 15) is 23.3 Å². The van der Waals surface area contributed by atoms with E-state index in [1.807, 2.05) is 0 Å². The van der Waals surface area contributed by atoms with E-state index < -0.39 is 22.9 Å². The molecule has 0 N–H and O–H groups in total. The number of ether oxygens (including phenoxy) is 2. The van der Waals surface area contributed by atoms with Crippen LogP contribution in [-0.2, 0) is 0 Å². The molecule has 0 amide bonds. The predicted molar refractivity (Wildman–Crippen MR) is 48.9 cm³/mol. The number of hydrogen-bond acceptors (Lipinski definition) is 5. The molecule has 0 aliphatic carbocycles. The van der Waals surface area contributed by atoms with Crippen molar-refractivity contribution in [3.8, 4) is 11.5 Å². The van der Waals surface area contributed by atoms with Crippen molar-refractivity contribution in [2.24, 2.45) is 0 Å². The standard InChI is InChI=1S/C8H7F3N2O4/c1-4-5(16-2)3-6(17-8(9,10)11)7(12-4)13(14)15/h3H,1-2H3. The lowest BCUT2D eigenvalue weighted by molar-refractivity contribution is -0.393. The first-order valence-electron chi connectivity index (χ1n) is 4.20. The first-order chi connectivity index (χ1) is 7.74. The number of hydrogen-bond donors (Lipinski definition) is 0. The molecule has 0 fully saturated rings. The van der Waals surface area contributed by atoms with Gasteiger partial charge in [-0.05, 0) is 9.91 Å². The van der Waals surface area contributed by atoms with E-state index >= 15 is 0 Å². The summed E-state index contributed by atoms with van der Waals surface area (Å²) < 4.78 is 44.2. The topological polar surface area (TPSA) is 74.5 Å². The van der Waals surface area contributed by atoms with Gasteiger partial charge >= 0.3 is 12.2 Å². The molecule has 0 aliphatic rings. The smallest absolute Gasteiger partial charge is 0.492 e. The second kappa shape index (κ2) is 4.44. The third-order valence-electron chi connectivity index (χ3n) is 1.73. The molecule has 0 atom stereocenters. The Morgan fingerprint density at radius 1 is 1.41 bits per heavy atom. The van der Waals surface area contributed by atoms with Crippen LogP contribution in [0.1, 0.15) is 5.69 Å². The van der Waals surface area contributed by atoms with Crippen LogP contribution in [0.25, 0.3) is 0 Å². The van der Waals surface area contributed by atoms with E-state index in [4.69, 9.17) is 4.74 Å². The highest BCUT2D eigenvalue weighted by Crippen LogP contribution is 2.34. The number of halogens is 3. The Labute approximate surface area is 93.1 Å². The number of pyridine rings is 1. The van der Waals surface area contributed by atoms with Crippen LogP contribution < -0.4 is 9.47 Å². The van der Waals surface area contributed by atoms with E-state index in [2.05, 4.69) is 9.72 Å². The molecule has 1 rings (SSSR count). The zero-order chi connectivity index (χ0) is 13.2. The Kier molecular flexibility index (Phi) is 3.39. The summed E-state index contributed by atoms with van der Waals surface area (Å²) in [5.74, 6) is -2.06. The van der Waals surface area contributed by atoms with Crippen molar-refractivity contribution in [3.63, 3.8) is 0 Å². The monoisotopic (exact) mass is 252 g/mol. The van der Waals surface area contributed by atoms with E-state index in [1.54, 1.807) is 0 Å². The molecule has 17 heavy (non-hydrogen) atoms. The van der Waals surface area contributed by atoms with Crippen molar-refractivity contribution in [2.45, 2.75) is 13.3 Å².